The number of benzene rings is 1. The molecule has 2 fully saturated rings. The van der Waals surface area contributed by atoms with Crippen molar-refractivity contribution >= 4 is 17.6 Å². The summed E-state index contributed by atoms with van der Waals surface area (Å²) >= 11 is 0. The molecule has 0 atom stereocenters. The van der Waals surface area contributed by atoms with Crippen LogP contribution < -0.4 is 20.3 Å². The van der Waals surface area contributed by atoms with Crippen molar-refractivity contribution in [3.05, 3.63) is 41.2 Å². The molecule has 1 saturated carbocycles. The van der Waals surface area contributed by atoms with Gasteiger partial charge in [-0.25, -0.2) is 23.5 Å². The number of nitrogens with zero attached hydrogens (tertiary/aromatic N) is 3. The Morgan fingerprint density at radius 1 is 1.11 bits per heavy atom. The molecule has 1 aliphatic carbocycles. The van der Waals surface area contributed by atoms with Gasteiger partial charge in [0.2, 0.25) is 0 Å². The van der Waals surface area contributed by atoms with E-state index in [1.165, 1.54) is 31.4 Å². The second kappa shape index (κ2) is 11.4. The summed E-state index contributed by atoms with van der Waals surface area (Å²) in [5.74, 6) is -2.09. The maximum atomic E-state index is 13.9. The number of hydrogen-bond donors (Lipinski definition) is 3. The number of carbonyl (C=O) groups is 1. The molecule has 13 heteroatoms. The number of anilines is 2. The number of ether oxygens (including phenoxy) is 1. The van der Waals surface area contributed by atoms with Gasteiger partial charge in [-0.3, -0.25) is 0 Å². The summed E-state index contributed by atoms with van der Waals surface area (Å²) < 4.78 is 64.6. The Bertz CT molecular complexity index is 1100. The second-order valence-corrected chi connectivity index (χ2v) is 9.17. The molecule has 3 N–H and O–H groups in total. The number of rotatable bonds is 5. The highest BCUT2D eigenvalue weighted by molar-refractivity contribution is 5.73. The van der Waals surface area contributed by atoms with Gasteiger partial charge in [0.25, 0.3) is 0 Å². The van der Waals surface area contributed by atoms with Gasteiger partial charge in [-0.15, -0.1) is 0 Å². The van der Waals surface area contributed by atoms with Gasteiger partial charge in [0.1, 0.15) is 11.9 Å². The number of halogens is 5. The zero-order valence-electron chi connectivity index (χ0n) is 20.0. The second-order valence-electron chi connectivity index (χ2n) is 9.17. The van der Waals surface area contributed by atoms with Crippen molar-refractivity contribution in [3.8, 4) is 5.75 Å². The lowest BCUT2D eigenvalue weighted by Crippen LogP contribution is -2.40. The molecule has 3 heterocycles. The third kappa shape index (κ3) is 6.96. The van der Waals surface area contributed by atoms with Crippen molar-refractivity contribution in [2.75, 3.05) is 29.9 Å². The summed E-state index contributed by atoms with van der Waals surface area (Å²) in [6.45, 7) is 3.22. The molecule has 0 amide bonds. The highest BCUT2D eigenvalue weighted by atomic mass is 19.4. The van der Waals surface area contributed by atoms with Crippen molar-refractivity contribution < 1.29 is 36.6 Å². The normalized spacial score (nSPS) is 18.2. The average molecular weight is 530 g/mol. The molecule has 2 aromatic rings. The zero-order valence-corrected chi connectivity index (χ0v) is 20.0. The summed E-state index contributed by atoms with van der Waals surface area (Å²) in [5.41, 5.74) is 2.12. The first kappa shape index (κ1) is 26.8. The lowest BCUT2D eigenvalue weighted by atomic mass is 9.93. The topological polar surface area (TPSA) is 99.6 Å². The van der Waals surface area contributed by atoms with E-state index in [2.05, 4.69) is 15.5 Å². The number of alkyl halides is 3. The van der Waals surface area contributed by atoms with E-state index >= 15 is 0 Å². The Labute approximate surface area is 210 Å². The van der Waals surface area contributed by atoms with Crippen LogP contribution in [0.4, 0.5) is 33.6 Å². The van der Waals surface area contributed by atoms with Crippen LogP contribution in [0.15, 0.2) is 18.2 Å². The lowest BCUT2D eigenvalue weighted by molar-refractivity contribution is -0.192. The minimum Gasteiger partial charge on any atom is -0.487 e. The van der Waals surface area contributed by atoms with E-state index in [1.807, 2.05) is 0 Å². The van der Waals surface area contributed by atoms with Gasteiger partial charge in [0, 0.05) is 57.5 Å². The monoisotopic (exact) mass is 529 g/mol. The molecule has 8 nitrogen and oxygen atoms in total. The number of hydrogen-bond acceptors (Lipinski definition) is 7. The molecule has 0 spiro atoms. The van der Waals surface area contributed by atoms with Gasteiger partial charge in [-0.05, 0) is 31.4 Å². The van der Waals surface area contributed by atoms with Crippen LogP contribution in [0, 0.1) is 11.6 Å². The number of fused-ring (bicyclic) bond motifs is 1. The van der Waals surface area contributed by atoms with Gasteiger partial charge in [-0.1, -0.05) is 0 Å². The highest BCUT2D eigenvalue weighted by Crippen LogP contribution is 2.32. The number of nitrogens with one attached hydrogen (secondary N) is 2. The standard InChI is InChI=1S/C22H27F2N5O.C2HF3O2/c23-14-4-5-20(17(24)12-14)30-16-7-10-29(11-8-16)22-21(26-15-2-1-3-15)27-19-13-25-9-6-18(19)28-22;3-2(4,5)1(6)7/h4-5,12,15-16,25H,1-3,6-11,13H2,(H,26,27);(H,6,7). The van der Waals surface area contributed by atoms with E-state index in [1.54, 1.807) is 0 Å². The van der Waals surface area contributed by atoms with Crippen molar-refractivity contribution in [2.24, 2.45) is 0 Å². The molecule has 0 radical (unpaired) electrons. The van der Waals surface area contributed by atoms with Gasteiger partial charge in [0.05, 0.1) is 11.4 Å². The van der Waals surface area contributed by atoms with E-state index < -0.39 is 23.8 Å². The first-order valence-electron chi connectivity index (χ1n) is 12.1. The molecule has 2 aliphatic heterocycles. The minimum atomic E-state index is -5.08. The molecule has 0 unspecified atom stereocenters. The molecule has 5 rings (SSSR count). The van der Waals surface area contributed by atoms with E-state index in [0.717, 1.165) is 74.5 Å². The van der Waals surface area contributed by atoms with Crippen molar-refractivity contribution in [1.29, 1.82) is 0 Å². The quantitative estimate of drug-likeness (QED) is 0.499. The van der Waals surface area contributed by atoms with Gasteiger partial charge >= 0.3 is 12.1 Å². The first-order chi connectivity index (χ1) is 17.6. The van der Waals surface area contributed by atoms with Gasteiger partial charge in [-0.2, -0.15) is 13.2 Å². The van der Waals surface area contributed by atoms with Crippen molar-refractivity contribution in [3.63, 3.8) is 0 Å². The number of carboxylic acid groups (broad SMARTS) is 1. The number of aromatic nitrogens is 2. The Morgan fingerprint density at radius 3 is 2.41 bits per heavy atom. The van der Waals surface area contributed by atoms with Crippen LogP contribution >= 0.6 is 0 Å². The summed E-state index contributed by atoms with van der Waals surface area (Å²) in [6, 6.07) is 3.93. The van der Waals surface area contributed by atoms with Crippen LogP contribution in [0.25, 0.3) is 0 Å². The molecule has 1 aromatic carbocycles. The van der Waals surface area contributed by atoms with Crippen LogP contribution in [0.2, 0.25) is 0 Å². The van der Waals surface area contributed by atoms with Crippen LogP contribution in [0.1, 0.15) is 43.5 Å². The SMILES string of the molecule is Fc1ccc(OC2CCN(c3nc4c(nc3NC3CCC3)CNCC4)CC2)c(F)c1.O=C(O)C(F)(F)F. The largest absolute Gasteiger partial charge is 0.490 e. The van der Waals surface area contributed by atoms with Crippen LogP contribution in [-0.4, -0.2) is 59.0 Å². The fourth-order valence-corrected chi connectivity index (χ4v) is 4.25. The summed E-state index contributed by atoms with van der Waals surface area (Å²) in [5, 5.41) is 14.1. The Kier molecular flexibility index (Phi) is 8.30. The average Bonchev–Trinajstić information content (AvgIpc) is 2.83. The van der Waals surface area contributed by atoms with Crippen LogP contribution in [0.5, 0.6) is 5.75 Å². The molecular formula is C24H28F5N5O3. The minimum absolute atomic E-state index is 0.0981. The van der Waals surface area contributed by atoms with E-state index in [9.17, 15) is 22.0 Å². The van der Waals surface area contributed by atoms with Gasteiger partial charge in [0.15, 0.2) is 23.2 Å². The zero-order chi connectivity index (χ0) is 26.6. The Balaban J connectivity index is 0.000000405. The number of piperidine rings is 1. The third-order valence-electron chi connectivity index (χ3n) is 6.48. The third-order valence-corrected chi connectivity index (χ3v) is 6.48. The molecule has 37 heavy (non-hydrogen) atoms. The van der Waals surface area contributed by atoms with Crippen LogP contribution in [-0.2, 0) is 17.8 Å². The Morgan fingerprint density at radius 2 is 1.81 bits per heavy atom. The van der Waals surface area contributed by atoms with E-state index in [0.29, 0.717) is 6.04 Å². The van der Waals surface area contributed by atoms with E-state index in [4.69, 9.17) is 24.6 Å². The van der Waals surface area contributed by atoms with Gasteiger partial charge < -0.3 is 25.4 Å². The fourth-order valence-electron chi connectivity index (χ4n) is 4.25. The molecule has 1 aromatic heterocycles. The molecule has 1 saturated heterocycles. The number of carboxylic acids is 1. The predicted octanol–water partition coefficient (Wildman–Crippen LogP) is 4.05. The summed E-state index contributed by atoms with van der Waals surface area (Å²) in [6.07, 6.45) is 0.822. The summed E-state index contributed by atoms with van der Waals surface area (Å²) in [7, 11) is 0. The molecular weight excluding hydrogens is 501 g/mol. The van der Waals surface area contributed by atoms with E-state index in [-0.39, 0.29) is 11.9 Å². The lowest BCUT2D eigenvalue weighted by Gasteiger charge is -2.35. The Hall–Kier alpha value is -3.22. The van der Waals surface area contributed by atoms with Crippen molar-refractivity contribution in [1.82, 2.24) is 15.3 Å². The predicted molar refractivity (Wildman–Crippen MR) is 125 cm³/mol. The number of aliphatic carboxylic acids is 1. The van der Waals surface area contributed by atoms with Crippen molar-refractivity contribution in [2.45, 2.75) is 63.4 Å². The smallest absolute Gasteiger partial charge is 0.487 e. The maximum absolute atomic E-state index is 13.9. The molecule has 3 aliphatic rings. The molecule has 0 bridgehead atoms. The summed E-state index contributed by atoms with van der Waals surface area (Å²) in [4.78, 5) is 21.1. The fraction of sp³-hybridized carbons (Fsp3) is 0.542. The van der Waals surface area contributed by atoms with Crippen LogP contribution in [0.3, 0.4) is 0 Å². The first-order valence-corrected chi connectivity index (χ1v) is 12.1. The highest BCUT2D eigenvalue weighted by Gasteiger charge is 2.38. The molecule has 202 valence electrons. The maximum Gasteiger partial charge on any atom is 0.490 e.